The third kappa shape index (κ3) is 4.35. The van der Waals surface area contributed by atoms with Crippen molar-refractivity contribution in [2.45, 2.75) is 32.0 Å². The zero-order valence-corrected chi connectivity index (χ0v) is 17.5. The van der Waals surface area contributed by atoms with E-state index in [9.17, 15) is 36.6 Å². The van der Waals surface area contributed by atoms with Gasteiger partial charge >= 0.3 is 0 Å². The highest BCUT2D eigenvalue weighted by Gasteiger charge is 2.24. The van der Waals surface area contributed by atoms with Crippen LogP contribution in [0.1, 0.15) is 30.4 Å². The summed E-state index contributed by atoms with van der Waals surface area (Å²) in [5.74, 6) is -9.93. The Morgan fingerprint density at radius 2 is 1.21 bits per heavy atom. The Morgan fingerprint density at radius 3 is 1.85 bits per heavy atom. The van der Waals surface area contributed by atoms with E-state index < -0.39 is 57.5 Å². The summed E-state index contributed by atoms with van der Waals surface area (Å²) in [6.45, 7) is -0.233. The van der Waals surface area contributed by atoms with Crippen LogP contribution in [0.2, 0.25) is 0 Å². The second kappa shape index (κ2) is 9.42. The molecule has 3 nitrogen and oxygen atoms in total. The third-order valence-electron chi connectivity index (χ3n) is 5.76. The number of benzene rings is 3. The van der Waals surface area contributed by atoms with Crippen molar-refractivity contribution in [1.82, 2.24) is 0 Å². The Labute approximate surface area is 190 Å². The van der Waals surface area contributed by atoms with Crippen molar-refractivity contribution in [2.24, 2.45) is 0 Å². The summed E-state index contributed by atoms with van der Waals surface area (Å²) >= 11 is 0. The van der Waals surface area contributed by atoms with Crippen LogP contribution in [-0.4, -0.2) is 16.3 Å². The van der Waals surface area contributed by atoms with Crippen LogP contribution < -0.4 is 0 Å². The standard InChI is InChI=1S/C25H18F6O3/c26-20-13(3-9-18(32)24(20)30)11-34-14-4-1-12(2-5-14)15-6-7-16(22(28)21(15)27)17-8-10-19(33)25(31)23(17)29/h1,3,6-10,14,32-33H,2,4-5,11H2. The molecule has 4 rings (SSSR count). The molecular formula is C25H18F6O3. The summed E-state index contributed by atoms with van der Waals surface area (Å²) in [4.78, 5) is 0. The van der Waals surface area contributed by atoms with E-state index in [1.54, 1.807) is 6.08 Å². The molecule has 1 unspecified atom stereocenters. The van der Waals surface area contributed by atoms with Crippen LogP contribution in [-0.2, 0) is 11.3 Å². The van der Waals surface area contributed by atoms with Crippen LogP contribution in [0.25, 0.3) is 16.7 Å². The maximum atomic E-state index is 14.8. The number of hydrogen-bond acceptors (Lipinski definition) is 3. The summed E-state index contributed by atoms with van der Waals surface area (Å²) in [6.07, 6.45) is 2.27. The van der Waals surface area contributed by atoms with Gasteiger partial charge in [-0.3, -0.25) is 0 Å². The molecule has 0 fully saturated rings. The molecule has 1 aliphatic carbocycles. The second-order valence-electron chi connectivity index (χ2n) is 7.86. The maximum Gasteiger partial charge on any atom is 0.200 e. The number of allylic oxidation sites excluding steroid dienone is 1. The molecule has 9 heteroatoms. The van der Waals surface area contributed by atoms with Gasteiger partial charge in [0.05, 0.1) is 12.7 Å². The van der Waals surface area contributed by atoms with Gasteiger partial charge in [0.1, 0.15) is 0 Å². The number of rotatable bonds is 5. The number of phenols is 2. The first-order chi connectivity index (χ1) is 16.2. The Hall–Kier alpha value is -3.46. The summed E-state index contributed by atoms with van der Waals surface area (Å²) in [5.41, 5.74) is -0.625. The van der Waals surface area contributed by atoms with E-state index in [0.717, 1.165) is 24.3 Å². The molecule has 178 valence electrons. The lowest BCUT2D eigenvalue weighted by Crippen LogP contribution is -2.16. The smallest absolute Gasteiger partial charge is 0.200 e. The topological polar surface area (TPSA) is 49.7 Å². The van der Waals surface area contributed by atoms with Crippen molar-refractivity contribution in [3.8, 4) is 22.6 Å². The minimum absolute atomic E-state index is 0.0361. The minimum atomic E-state index is -1.56. The van der Waals surface area contributed by atoms with Crippen molar-refractivity contribution in [3.05, 3.63) is 88.5 Å². The van der Waals surface area contributed by atoms with Gasteiger partial charge in [-0.05, 0) is 49.1 Å². The lowest BCUT2D eigenvalue weighted by molar-refractivity contribution is 0.0341. The van der Waals surface area contributed by atoms with Gasteiger partial charge in [-0.25, -0.2) is 17.6 Å². The molecule has 3 aromatic rings. The lowest BCUT2D eigenvalue weighted by atomic mass is 9.90. The summed E-state index contributed by atoms with van der Waals surface area (Å²) < 4.78 is 90.2. The second-order valence-corrected chi connectivity index (χ2v) is 7.86. The first-order valence-corrected chi connectivity index (χ1v) is 10.3. The molecule has 0 aliphatic heterocycles. The molecule has 3 aromatic carbocycles. The van der Waals surface area contributed by atoms with E-state index >= 15 is 0 Å². The molecule has 2 N–H and O–H groups in total. The molecule has 0 aromatic heterocycles. The predicted molar refractivity (Wildman–Crippen MR) is 112 cm³/mol. The predicted octanol–water partition coefficient (Wildman–Crippen LogP) is 6.75. The summed E-state index contributed by atoms with van der Waals surface area (Å²) in [5, 5.41) is 18.4. The van der Waals surface area contributed by atoms with Crippen LogP contribution in [0.15, 0.2) is 42.5 Å². The number of halogens is 6. The van der Waals surface area contributed by atoms with Crippen molar-refractivity contribution in [1.29, 1.82) is 0 Å². The van der Waals surface area contributed by atoms with E-state index in [-0.39, 0.29) is 23.8 Å². The van der Waals surface area contributed by atoms with Gasteiger partial charge in [-0.1, -0.05) is 18.2 Å². The van der Waals surface area contributed by atoms with Gasteiger partial charge in [0.15, 0.2) is 34.8 Å². The number of ether oxygens (including phenoxy) is 1. The Morgan fingerprint density at radius 1 is 0.676 bits per heavy atom. The average molecular weight is 480 g/mol. The van der Waals surface area contributed by atoms with Crippen LogP contribution in [0.5, 0.6) is 11.5 Å². The number of hydrogen-bond donors (Lipinski definition) is 2. The van der Waals surface area contributed by atoms with Gasteiger partial charge in [-0.2, -0.15) is 8.78 Å². The molecular weight excluding hydrogens is 462 g/mol. The van der Waals surface area contributed by atoms with Gasteiger partial charge in [0.25, 0.3) is 0 Å². The van der Waals surface area contributed by atoms with Gasteiger partial charge in [-0.15, -0.1) is 0 Å². The fourth-order valence-corrected chi connectivity index (χ4v) is 3.86. The molecule has 0 bridgehead atoms. The van der Waals surface area contributed by atoms with Crippen LogP contribution in [0.3, 0.4) is 0 Å². The lowest BCUT2D eigenvalue weighted by Gasteiger charge is -2.23. The SMILES string of the molecule is Oc1ccc(COC2CC=C(c3ccc(-c4ccc(O)c(F)c4F)c(F)c3F)CC2)c(F)c1F. The minimum Gasteiger partial charge on any atom is -0.505 e. The van der Waals surface area contributed by atoms with Crippen LogP contribution >= 0.6 is 0 Å². The number of phenolic OH excluding ortho intramolecular Hbond substituents is 2. The zero-order valence-electron chi connectivity index (χ0n) is 17.5. The molecule has 1 aliphatic rings. The molecule has 0 heterocycles. The van der Waals surface area contributed by atoms with E-state index in [2.05, 4.69) is 0 Å². The first-order valence-electron chi connectivity index (χ1n) is 10.3. The fraction of sp³-hybridized carbons (Fsp3) is 0.200. The summed E-state index contributed by atoms with van der Waals surface area (Å²) in [7, 11) is 0. The van der Waals surface area contributed by atoms with Crippen LogP contribution in [0, 0.1) is 34.9 Å². The quantitative estimate of drug-likeness (QED) is 0.397. The Balaban J connectivity index is 1.49. The van der Waals surface area contributed by atoms with Crippen molar-refractivity contribution in [2.75, 3.05) is 0 Å². The molecule has 1 atom stereocenters. The normalized spacial score (nSPS) is 15.9. The van der Waals surface area contributed by atoms with Crippen molar-refractivity contribution in [3.63, 3.8) is 0 Å². The highest BCUT2D eigenvalue weighted by Crippen LogP contribution is 2.36. The molecule has 0 radical (unpaired) electrons. The Kier molecular flexibility index (Phi) is 6.56. The summed E-state index contributed by atoms with van der Waals surface area (Å²) in [6, 6.07) is 6.43. The maximum absolute atomic E-state index is 14.8. The fourth-order valence-electron chi connectivity index (χ4n) is 3.86. The van der Waals surface area contributed by atoms with E-state index in [1.165, 1.54) is 12.1 Å². The van der Waals surface area contributed by atoms with Gasteiger partial charge in [0, 0.05) is 22.3 Å². The first kappa shape index (κ1) is 23.7. The van der Waals surface area contributed by atoms with E-state index in [1.807, 2.05) is 0 Å². The highest BCUT2D eigenvalue weighted by molar-refractivity contribution is 5.72. The molecule has 0 spiro atoms. The largest absolute Gasteiger partial charge is 0.505 e. The molecule has 0 saturated heterocycles. The third-order valence-corrected chi connectivity index (χ3v) is 5.76. The Bertz CT molecular complexity index is 1290. The van der Waals surface area contributed by atoms with Gasteiger partial charge < -0.3 is 14.9 Å². The molecule has 0 saturated carbocycles. The van der Waals surface area contributed by atoms with E-state index in [4.69, 9.17) is 4.74 Å². The van der Waals surface area contributed by atoms with Crippen molar-refractivity contribution < 1.29 is 41.3 Å². The van der Waals surface area contributed by atoms with E-state index in [0.29, 0.717) is 24.8 Å². The number of aromatic hydroxyl groups is 2. The van der Waals surface area contributed by atoms with Gasteiger partial charge in [0.2, 0.25) is 11.6 Å². The molecule has 0 amide bonds. The van der Waals surface area contributed by atoms with Crippen molar-refractivity contribution >= 4 is 5.57 Å². The highest BCUT2D eigenvalue weighted by atomic mass is 19.2. The zero-order chi connectivity index (χ0) is 24.6. The monoisotopic (exact) mass is 480 g/mol. The van der Waals surface area contributed by atoms with Crippen LogP contribution in [0.4, 0.5) is 26.3 Å². The molecule has 34 heavy (non-hydrogen) atoms. The average Bonchev–Trinajstić information content (AvgIpc) is 2.83.